The van der Waals surface area contributed by atoms with Crippen molar-refractivity contribution in [3.05, 3.63) is 35.9 Å². The molecule has 1 atom stereocenters. The largest absolute Gasteiger partial charge is 0.480 e. The van der Waals surface area contributed by atoms with Gasteiger partial charge in [-0.25, -0.2) is 0 Å². The van der Waals surface area contributed by atoms with E-state index in [1.807, 2.05) is 11.0 Å². The van der Waals surface area contributed by atoms with Crippen molar-refractivity contribution in [1.82, 2.24) is 9.80 Å². The molecule has 1 fully saturated rings. The zero-order chi connectivity index (χ0) is 13.7. The van der Waals surface area contributed by atoms with Crippen LogP contribution in [0.3, 0.4) is 0 Å². The van der Waals surface area contributed by atoms with E-state index in [9.17, 15) is 4.79 Å². The van der Waals surface area contributed by atoms with Gasteiger partial charge in [-0.3, -0.25) is 14.6 Å². The van der Waals surface area contributed by atoms with Gasteiger partial charge in [0.05, 0.1) is 6.54 Å². The van der Waals surface area contributed by atoms with Crippen molar-refractivity contribution in [3.63, 3.8) is 0 Å². The summed E-state index contributed by atoms with van der Waals surface area (Å²) >= 11 is 0. The summed E-state index contributed by atoms with van der Waals surface area (Å²) in [6, 6.07) is 10.9. The summed E-state index contributed by atoms with van der Waals surface area (Å²) in [4.78, 5) is 15.2. The molecule has 1 aromatic carbocycles. The zero-order valence-corrected chi connectivity index (χ0v) is 11.5. The van der Waals surface area contributed by atoms with Gasteiger partial charge in [-0.1, -0.05) is 37.3 Å². The third-order valence-corrected chi connectivity index (χ3v) is 3.76. The predicted octanol–water partition coefficient (Wildman–Crippen LogP) is 1.67. The first-order chi connectivity index (χ1) is 9.19. The molecule has 0 saturated carbocycles. The van der Waals surface area contributed by atoms with Crippen LogP contribution in [-0.2, 0) is 11.3 Å². The summed E-state index contributed by atoms with van der Waals surface area (Å²) in [5.41, 5.74) is 1.32. The second kappa shape index (κ2) is 6.68. The molecule has 1 aliphatic rings. The second-order valence-corrected chi connectivity index (χ2v) is 5.12. The van der Waals surface area contributed by atoms with E-state index < -0.39 is 5.97 Å². The summed E-state index contributed by atoms with van der Waals surface area (Å²) in [6.45, 7) is 6.04. The molecule has 0 aliphatic carbocycles. The van der Waals surface area contributed by atoms with Crippen molar-refractivity contribution in [1.29, 1.82) is 0 Å². The van der Waals surface area contributed by atoms with Gasteiger partial charge in [0.2, 0.25) is 0 Å². The third-order valence-electron chi connectivity index (χ3n) is 3.76. The molecule has 19 heavy (non-hydrogen) atoms. The Morgan fingerprint density at radius 3 is 2.79 bits per heavy atom. The van der Waals surface area contributed by atoms with E-state index in [1.54, 1.807) is 0 Å². The van der Waals surface area contributed by atoms with Crippen LogP contribution in [0.5, 0.6) is 0 Å². The number of hydrogen-bond donors (Lipinski definition) is 1. The molecule has 4 nitrogen and oxygen atoms in total. The number of rotatable bonds is 6. The lowest BCUT2D eigenvalue weighted by atomic mass is 10.1. The van der Waals surface area contributed by atoms with Gasteiger partial charge in [-0.05, 0) is 18.5 Å². The number of hydrogen-bond acceptors (Lipinski definition) is 3. The molecular formula is C15H22N2O2. The van der Waals surface area contributed by atoms with Crippen LogP contribution in [0.4, 0.5) is 0 Å². The molecule has 0 unspecified atom stereocenters. The van der Waals surface area contributed by atoms with E-state index >= 15 is 0 Å². The number of benzene rings is 1. The number of aliphatic carboxylic acids is 1. The van der Waals surface area contributed by atoms with E-state index in [2.05, 4.69) is 36.1 Å². The van der Waals surface area contributed by atoms with Crippen molar-refractivity contribution in [2.45, 2.75) is 25.9 Å². The van der Waals surface area contributed by atoms with Crippen LogP contribution in [0.1, 0.15) is 18.9 Å². The van der Waals surface area contributed by atoms with Gasteiger partial charge in [-0.2, -0.15) is 0 Å². The Morgan fingerprint density at radius 2 is 2.16 bits per heavy atom. The quantitative estimate of drug-likeness (QED) is 0.847. The van der Waals surface area contributed by atoms with Crippen LogP contribution in [0, 0.1) is 0 Å². The first-order valence-corrected chi connectivity index (χ1v) is 6.91. The molecule has 2 rings (SSSR count). The summed E-state index contributed by atoms with van der Waals surface area (Å²) in [5, 5.41) is 8.84. The lowest BCUT2D eigenvalue weighted by Crippen LogP contribution is -2.38. The monoisotopic (exact) mass is 262 g/mol. The topological polar surface area (TPSA) is 43.8 Å². The van der Waals surface area contributed by atoms with Crippen LogP contribution >= 0.6 is 0 Å². The molecule has 4 heteroatoms. The van der Waals surface area contributed by atoms with Crippen molar-refractivity contribution in [3.8, 4) is 0 Å². The fraction of sp³-hybridized carbons (Fsp3) is 0.533. The van der Waals surface area contributed by atoms with E-state index in [4.69, 9.17) is 5.11 Å². The standard InChI is InChI=1S/C15H22N2O2/c1-2-17(10-13-6-4-3-5-7-13)14-8-9-16(11-14)12-15(18)19/h3-7,14H,2,8-12H2,1H3,(H,18,19)/t14-/m0/s1. The highest BCUT2D eigenvalue weighted by molar-refractivity contribution is 5.69. The lowest BCUT2D eigenvalue weighted by Gasteiger charge is -2.27. The molecule has 0 amide bonds. The molecule has 0 radical (unpaired) electrons. The normalized spacial score (nSPS) is 20.0. The summed E-state index contributed by atoms with van der Waals surface area (Å²) < 4.78 is 0. The van der Waals surface area contributed by atoms with Gasteiger partial charge in [-0.15, -0.1) is 0 Å². The summed E-state index contributed by atoms with van der Waals surface area (Å²) in [7, 11) is 0. The van der Waals surface area contributed by atoms with Crippen molar-refractivity contribution in [2.24, 2.45) is 0 Å². The first-order valence-electron chi connectivity index (χ1n) is 6.91. The van der Waals surface area contributed by atoms with Gasteiger partial charge in [0.1, 0.15) is 0 Å². The van der Waals surface area contributed by atoms with E-state index in [0.29, 0.717) is 6.04 Å². The minimum absolute atomic E-state index is 0.166. The Kier molecular flexibility index (Phi) is 4.93. The average Bonchev–Trinajstić information content (AvgIpc) is 2.84. The maximum Gasteiger partial charge on any atom is 0.317 e. The molecule has 0 bridgehead atoms. The highest BCUT2D eigenvalue weighted by atomic mass is 16.4. The van der Waals surface area contributed by atoms with Crippen molar-refractivity contribution in [2.75, 3.05) is 26.2 Å². The number of likely N-dealkylation sites (tertiary alicyclic amines) is 1. The molecule has 1 N–H and O–H groups in total. The average molecular weight is 262 g/mol. The number of carboxylic acid groups (broad SMARTS) is 1. The van der Waals surface area contributed by atoms with Gasteiger partial charge >= 0.3 is 5.97 Å². The van der Waals surface area contributed by atoms with Crippen LogP contribution in [0.15, 0.2) is 30.3 Å². The minimum atomic E-state index is -0.730. The third kappa shape index (κ3) is 4.04. The van der Waals surface area contributed by atoms with Gasteiger partial charge in [0.15, 0.2) is 0 Å². The predicted molar refractivity (Wildman–Crippen MR) is 75.0 cm³/mol. The Labute approximate surface area is 114 Å². The maximum atomic E-state index is 10.7. The molecule has 0 spiro atoms. The van der Waals surface area contributed by atoms with Crippen LogP contribution in [0.25, 0.3) is 0 Å². The van der Waals surface area contributed by atoms with Crippen LogP contribution in [0.2, 0.25) is 0 Å². The Morgan fingerprint density at radius 1 is 1.42 bits per heavy atom. The Balaban J connectivity index is 1.90. The van der Waals surface area contributed by atoms with Crippen molar-refractivity contribution >= 4 is 5.97 Å². The molecule has 0 aromatic heterocycles. The zero-order valence-electron chi connectivity index (χ0n) is 11.5. The molecule has 1 aromatic rings. The van der Waals surface area contributed by atoms with E-state index in [1.165, 1.54) is 5.56 Å². The number of carboxylic acids is 1. The highest BCUT2D eigenvalue weighted by Gasteiger charge is 2.27. The lowest BCUT2D eigenvalue weighted by molar-refractivity contribution is -0.138. The van der Waals surface area contributed by atoms with Crippen LogP contribution in [-0.4, -0.2) is 53.1 Å². The first kappa shape index (κ1) is 14.0. The Hall–Kier alpha value is -1.39. The van der Waals surface area contributed by atoms with Gasteiger partial charge in [0.25, 0.3) is 0 Å². The minimum Gasteiger partial charge on any atom is -0.480 e. The maximum absolute atomic E-state index is 10.7. The molecule has 1 heterocycles. The number of nitrogens with zero attached hydrogens (tertiary/aromatic N) is 2. The smallest absolute Gasteiger partial charge is 0.317 e. The summed E-state index contributed by atoms with van der Waals surface area (Å²) in [6.07, 6.45) is 1.06. The molecule has 1 aliphatic heterocycles. The molecule has 104 valence electrons. The van der Waals surface area contributed by atoms with Crippen LogP contribution < -0.4 is 0 Å². The second-order valence-electron chi connectivity index (χ2n) is 5.12. The molecule has 1 saturated heterocycles. The van der Waals surface area contributed by atoms with E-state index in [-0.39, 0.29) is 6.54 Å². The van der Waals surface area contributed by atoms with Crippen molar-refractivity contribution < 1.29 is 9.90 Å². The fourth-order valence-corrected chi connectivity index (χ4v) is 2.76. The SMILES string of the molecule is CCN(Cc1ccccc1)[C@H]1CCN(CC(=O)O)C1. The number of likely N-dealkylation sites (N-methyl/N-ethyl adjacent to an activating group) is 1. The molecular weight excluding hydrogens is 240 g/mol. The van der Waals surface area contributed by atoms with E-state index in [0.717, 1.165) is 32.6 Å². The highest BCUT2D eigenvalue weighted by Crippen LogP contribution is 2.17. The van der Waals surface area contributed by atoms with Gasteiger partial charge in [0, 0.05) is 25.7 Å². The van der Waals surface area contributed by atoms with Gasteiger partial charge < -0.3 is 5.11 Å². The fourth-order valence-electron chi connectivity index (χ4n) is 2.76. The Bertz CT molecular complexity index is 408. The number of carbonyl (C=O) groups is 1. The summed E-state index contributed by atoms with van der Waals surface area (Å²) in [5.74, 6) is -0.730.